The van der Waals surface area contributed by atoms with E-state index >= 15 is 0 Å². The van der Waals surface area contributed by atoms with Crippen LogP contribution in [0.4, 0.5) is 10.1 Å². The third-order valence-electron chi connectivity index (χ3n) is 5.33. The summed E-state index contributed by atoms with van der Waals surface area (Å²) in [6, 6.07) is 21.7. The van der Waals surface area contributed by atoms with Crippen molar-refractivity contribution in [1.29, 1.82) is 0 Å². The minimum atomic E-state index is -0.412. The number of rotatable bonds is 5. The highest BCUT2D eigenvalue weighted by Crippen LogP contribution is 2.32. The highest BCUT2D eigenvalue weighted by molar-refractivity contribution is 5.85. The number of benzene rings is 2. The van der Waals surface area contributed by atoms with Crippen LogP contribution >= 0.6 is 0 Å². The van der Waals surface area contributed by atoms with Crippen molar-refractivity contribution < 1.29 is 13.9 Å². The number of halogens is 1. The number of anilines is 1. The molecule has 0 bridgehead atoms. The highest BCUT2D eigenvalue weighted by atomic mass is 19.1. The summed E-state index contributed by atoms with van der Waals surface area (Å²) in [5.41, 5.74) is 11.7. The Kier molecular flexibility index (Phi) is 5.47. The van der Waals surface area contributed by atoms with Crippen molar-refractivity contribution >= 4 is 22.8 Å². The number of fused-ring (bicyclic) bond motifs is 1. The molecule has 0 amide bonds. The molecule has 0 unspecified atom stereocenters. The number of carbonyl (C=O) groups is 1. The largest absolute Gasteiger partial charge is 0.461 e. The molecule has 0 fully saturated rings. The molecule has 0 aliphatic rings. The number of para-hydroxylation sites is 1. The average Bonchev–Trinajstić information content (AvgIpc) is 3.22. The smallest absolute Gasteiger partial charge is 0.302 e. The van der Waals surface area contributed by atoms with Gasteiger partial charge in [0.25, 0.3) is 0 Å². The number of imidazole rings is 1. The average molecular weight is 453 g/mol. The van der Waals surface area contributed by atoms with Gasteiger partial charge >= 0.3 is 5.97 Å². The summed E-state index contributed by atoms with van der Waals surface area (Å²) in [6.07, 6.45) is 1.16. The van der Waals surface area contributed by atoms with Gasteiger partial charge in [-0.3, -0.25) is 14.3 Å². The molecule has 0 atom stereocenters. The van der Waals surface area contributed by atoms with E-state index in [4.69, 9.17) is 20.4 Å². The number of hydrogen-bond acceptors (Lipinski definition) is 6. The Morgan fingerprint density at radius 3 is 2.44 bits per heavy atom. The van der Waals surface area contributed by atoms with Crippen molar-refractivity contribution in [2.45, 2.75) is 13.5 Å². The lowest BCUT2D eigenvalue weighted by Crippen LogP contribution is -2.02. The summed E-state index contributed by atoms with van der Waals surface area (Å²) in [7, 11) is 0. The molecule has 0 aliphatic heterocycles. The number of nitrogens with two attached hydrogens (primary N) is 1. The van der Waals surface area contributed by atoms with Gasteiger partial charge in [-0.1, -0.05) is 24.3 Å². The lowest BCUT2D eigenvalue weighted by atomic mass is 10.1. The number of esters is 1. The van der Waals surface area contributed by atoms with E-state index < -0.39 is 5.82 Å². The molecule has 0 spiro atoms. The van der Waals surface area contributed by atoms with E-state index in [1.165, 1.54) is 13.0 Å². The molecule has 7 nitrogen and oxygen atoms in total. The third-order valence-corrected chi connectivity index (χ3v) is 5.33. The Balaban J connectivity index is 1.68. The number of hydrogen-bond donors (Lipinski definition) is 1. The summed E-state index contributed by atoms with van der Waals surface area (Å²) in [5, 5.41) is 0. The first-order valence-electron chi connectivity index (χ1n) is 10.6. The number of ether oxygens (including phenoxy) is 1. The van der Waals surface area contributed by atoms with Gasteiger partial charge in [-0.15, -0.1) is 0 Å². The van der Waals surface area contributed by atoms with Crippen LogP contribution in [-0.2, 0) is 16.1 Å². The van der Waals surface area contributed by atoms with Crippen LogP contribution in [0.1, 0.15) is 12.5 Å². The normalized spacial score (nSPS) is 11.0. The first-order chi connectivity index (χ1) is 16.5. The van der Waals surface area contributed by atoms with Gasteiger partial charge in [-0.05, 0) is 54.1 Å². The Labute approximate surface area is 194 Å². The number of pyridine rings is 2. The fourth-order valence-corrected chi connectivity index (χ4v) is 3.68. The molecule has 34 heavy (non-hydrogen) atoms. The molecular formula is C26H20FN5O2. The Hall–Kier alpha value is -4.59. The molecule has 2 aromatic carbocycles. The number of carbonyl (C=O) groups excluding carboxylic acids is 1. The number of nitrogen functional groups attached to an aromatic ring is 1. The van der Waals surface area contributed by atoms with Crippen molar-refractivity contribution in [3.05, 3.63) is 90.4 Å². The molecule has 8 heteroatoms. The molecule has 5 aromatic rings. The molecule has 168 valence electrons. The first-order valence-corrected chi connectivity index (χ1v) is 10.6. The summed E-state index contributed by atoms with van der Waals surface area (Å²) in [6.45, 7) is 1.57. The van der Waals surface area contributed by atoms with Crippen LogP contribution in [0.5, 0.6) is 0 Å². The van der Waals surface area contributed by atoms with E-state index in [1.807, 2.05) is 59.2 Å². The van der Waals surface area contributed by atoms with Crippen molar-refractivity contribution in [3.8, 4) is 28.5 Å². The number of nitrogens with zero attached hydrogens (tertiary/aromatic N) is 4. The van der Waals surface area contributed by atoms with Gasteiger partial charge in [0.15, 0.2) is 5.65 Å². The van der Waals surface area contributed by atoms with Gasteiger partial charge in [0.1, 0.15) is 23.8 Å². The van der Waals surface area contributed by atoms with E-state index in [0.29, 0.717) is 34.1 Å². The van der Waals surface area contributed by atoms with Crippen LogP contribution in [0.15, 0.2) is 79.0 Å². The fourth-order valence-electron chi connectivity index (χ4n) is 3.68. The molecule has 0 saturated heterocycles. The zero-order chi connectivity index (χ0) is 23.7. The molecule has 0 radical (unpaired) electrons. The zero-order valence-corrected chi connectivity index (χ0v) is 18.3. The van der Waals surface area contributed by atoms with Crippen LogP contribution in [0, 0.1) is 5.82 Å². The minimum Gasteiger partial charge on any atom is -0.461 e. The standard InChI is InChI=1S/C26H20FN5O2/c1-16(33)34-15-17-6-9-19(10-7-17)32-25(20-4-2-3-5-21(20)28)31-24-13-12-23(30-26(24)32)22-11-8-18(27)14-29-22/h2-14H,15,28H2,1H3. The Morgan fingerprint density at radius 1 is 0.971 bits per heavy atom. The van der Waals surface area contributed by atoms with E-state index in [2.05, 4.69) is 4.98 Å². The molecule has 3 heterocycles. The first kappa shape index (κ1) is 21.3. The summed E-state index contributed by atoms with van der Waals surface area (Å²) in [4.78, 5) is 24.9. The zero-order valence-electron chi connectivity index (χ0n) is 18.3. The lowest BCUT2D eigenvalue weighted by molar-refractivity contribution is -0.142. The van der Waals surface area contributed by atoms with Gasteiger partial charge in [0.05, 0.1) is 17.6 Å². The molecule has 2 N–H and O–H groups in total. The van der Waals surface area contributed by atoms with E-state index in [0.717, 1.165) is 23.0 Å². The topological polar surface area (TPSA) is 95.9 Å². The van der Waals surface area contributed by atoms with Crippen molar-refractivity contribution in [1.82, 2.24) is 19.5 Å². The van der Waals surface area contributed by atoms with E-state index in [1.54, 1.807) is 12.1 Å². The molecule has 5 rings (SSSR count). The van der Waals surface area contributed by atoms with Crippen LogP contribution in [0.3, 0.4) is 0 Å². The minimum absolute atomic E-state index is 0.192. The summed E-state index contributed by atoms with van der Waals surface area (Å²) in [5.74, 6) is -0.110. The van der Waals surface area contributed by atoms with Gasteiger partial charge in [0, 0.05) is 23.9 Å². The van der Waals surface area contributed by atoms with Crippen LogP contribution < -0.4 is 5.73 Å². The maximum Gasteiger partial charge on any atom is 0.302 e. The SMILES string of the molecule is CC(=O)OCc1ccc(-n2c(-c3ccccc3N)nc3ccc(-c4ccc(F)cn4)nc32)cc1. The van der Waals surface area contributed by atoms with E-state index in [9.17, 15) is 9.18 Å². The monoisotopic (exact) mass is 453 g/mol. The van der Waals surface area contributed by atoms with Gasteiger partial charge in [-0.25, -0.2) is 14.4 Å². The van der Waals surface area contributed by atoms with Crippen molar-refractivity contribution in [2.75, 3.05) is 5.73 Å². The van der Waals surface area contributed by atoms with Crippen LogP contribution in [0.25, 0.3) is 39.6 Å². The van der Waals surface area contributed by atoms with Gasteiger partial charge in [0.2, 0.25) is 0 Å². The number of aromatic nitrogens is 4. The molecular weight excluding hydrogens is 433 g/mol. The second kappa shape index (κ2) is 8.74. The highest BCUT2D eigenvalue weighted by Gasteiger charge is 2.18. The third kappa shape index (κ3) is 4.09. The van der Waals surface area contributed by atoms with E-state index in [-0.39, 0.29) is 12.6 Å². The Morgan fingerprint density at radius 2 is 1.74 bits per heavy atom. The van der Waals surface area contributed by atoms with Crippen LogP contribution in [-0.4, -0.2) is 25.5 Å². The molecule has 0 aliphatic carbocycles. The Bertz CT molecular complexity index is 1490. The van der Waals surface area contributed by atoms with Crippen LogP contribution in [0.2, 0.25) is 0 Å². The van der Waals surface area contributed by atoms with Gasteiger partial charge < -0.3 is 10.5 Å². The quantitative estimate of drug-likeness (QED) is 0.299. The molecule has 3 aromatic heterocycles. The molecule has 0 saturated carbocycles. The predicted octanol–water partition coefficient (Wildman–Crippen LogP) is 4.93. The lowest BCUT2D eigenvalue weighted by Gasteiger charge is -2.12. The van der Waals surface area contributed by atoms with Gasteiger partial charge in [-0.2, -0.15) is 0 Å². The summed E-state index contributed by atoms with van der Waals surface area (Å²) >= 11 is 0. The fraction of sp³-hybridized carbons (Fsp3) is 0.0769. The maximum absolute atomic E-state index is 13.4. The summed E-state index contributed by atoms with van der Waals surface area (Å²) < 4.78 is 20.4. The van der Waals surface area contributed by atoms with Crippen molar-refractivity contribution in [2.24, 2.45) is 0 Å². The van der Waals surface area contributed by atoms with Crippen molar-refractivity contribution in [3.63, 3.8) is 0 Å². The predicted molar refractivity (Wildman–Crippen MR) is 127 cm³/mol. The second-order valence-electron chi connectivity index (χ2n) is 7.71. The second-order valence-corrected chi connectivity index (χ2v) is 7.71. The maximum atomic E-state index is 13.4.